The zero-order valence-corrected chi connectivity index (χ0v) is 16.8. The molecule has 1 aliphatic heterocycles. The minimum absolute atomic E-state index is 0.0313. The molecule has 0 spiro atoms. The molecule has 0 saturated carbocycles. The van der Waals surface area contributed by atoms with Crippen LogP contribution in [0.25, 0.3) is 0 Å². The Morgan fingerprint density at radius 3 is 2.44 bits per heavy atom. The highest BCUT2D eigenvalue weighted by Gasteiger charge is 2.18. The average Bonchev–Trinajstić information content (AvgIpc) is 2.66. The largest absolute Gasteiger partial charge is 0.465 e. The van der Waals surface area contributed by atoms with Crippen molar-refractivity contribution < 1.29 is 33.3 Å². The van der Waals surface area contributed by atoms with Gasteiger partial charge in [-0.1, -0.05) is 13.8 Å². The third-order valence-electron chi connectivity index (χ3n) is 3.75. The summed E-state index contributed by atoms with van der Waals surface area (Å²) in [7, 11) is 0. The standard InChI is InChI=1S/C17H30N2O7S/c1-13(2)15(20)25-12-26-17(22)27-11-14(18)16(21)24-8-4-3-5-19-6-9-23-10-7-19/h13-14H,3-12,18H2,1-2H3/t14-/m0/s1. The van der Waals surface area contributed by atoms with Crippen LogP contribution < -0.4 is 5.73 Å². The predicted molar refractivity (Wildman–Crippen MR) is 100 cm³/mol. The molecule has 1 saturated heterocycles. The molecule has 27 heavy (non-hydrogen) atoms. The molecule has 1 fully saturated rings. The average molecular weight is 407 g/mol. The fraction of sp³-hybridized carbons (Fsp3) is 0.824. The fourth-order valence-electron chi connectivity index (χ4n) is 2.11. The molecule has 1 heterocycles. The minimum Gasteiger partial charge on any atom is -0.465 e. The fourth-order valence-corrected chi connectivity index (χ4v) is 2.70. The highest BCUT2D eigenvalue weighted by Crippen LogP contribution is 2.08. The maximum Gasteiger partial charge on any atom is 0.370 e. The summed E-state index contributed by atoms with van der Waals surface area (Å²) in [5, 5.41) is -0.666. The monoisotopic (exact) mass is 406 g/mol. The molecule has 1 aliphatic rings. The van der Waals surface area contributed by atoms with Crippen LogP contribution in [0.3, 0.4) is 0 Å². The Hall–Kier alpha value is -1.36. The van der Waals surface area contributed by atoms with E-state index in [0.717, 1.165) is 57.5 Å². The Morgan fingerprint density at radius 2 is 1.78 bits per heavy atom. The van der Waals surface area contributed by atoms with E-state index in [-0.39, 0.29) is 11.7 Å². The van der Waals surface area contributed by atoms with Crippen LogP contribution in [-0.4, -0.2) is 80.2 Å². The zero-order valence-electron chi connectivity index (χ0n) is 16.0. The van der Waals surface area contributed by atoms with Gasteiger partial charge in [0.15, 0.2) is 0 Å². The number of unbranched alkanes of at least 4 members (excludes halogenated alkanes) is 1. The number of nitrogens with zero attached hydrogens (tertiary/aromatic N) is 1. The molecule has 0 radical (unpaired) electrons. The lowest BCUT2D eigenvalue weighted by Gasteiger charge is -2.26. The second-order valence-corrected chi connectivity index (χ2v) is 7.33. The van der Waals surface area contributed by atoms with Gasteiger partial charge in [0.1, 0.15) is 6.04 Å². The van der Waals surface area contributed by atoms with E-state index < -0.39 is 30.1 Å². The lowest BCUT2D eigenvalue weighted by Crippen LogP contribution is -2.37. The predicted octanol–water partition coefficient (Wildman–Crippen LogP) is 0.996. The second-order valence-electron chi connectivity index (χ2n) is 6.38. The van der Waals surface area contributed by atoms with Gasteiger partial charge < -0.3 is 24.7 Å². The van der Waals surface area contributed by atoms with Gasteiger partial charge in [0.25, 0.3) is 0 Å². The molecule has 2 N–H and O–H groups in total. The van der Waals surface area contributed by atoms with Gasteiger partial charge in [0.2, 0.25) is 6.79 Å². The van der Waals surface area contributed by atoms with Gasteiger partial charge in [-0.15, -0.1) is 0 Å². The van der Waals surface area contributed by atoms with Crippen LogP contribution in [0.1, 0.15) is 26.7 Å². The number of carbonyl (C=O) groups excluding carboxylic acids is 3. The van der Waals surface area contributed by atoms with E-state index in [1.165, 1.54) is 0 Å². The normalized spacial score (nSPS) is 16.0. The van der Waals surface area contributed by atoms with E-state index in [4.69, 9.17) is 24.7 Å². The third-order valence-corrected chi connectivity index (χ3v) is 4.63. The Labute approximate surface area is 164 Å². The van der Waals surface area contributed by atoms with Crippen molar-refractivity contribution in [1.82, 2.24) is 4.90 Å². The number of hydrogen-bond acceptors (Lipinski definition) is 10. The minimum atomic E-state index is -0.917. The van der Waals surface area contributed by atoms with Crippen LogP contribution in [0, 0.1) is 5.92 Å². The molecular weight excluding hydrogens is 376 g/mol. The lowest BCUT2D eigenvalue weighted by molar-refractivity contribution is -0.155. The number of morpholine rings is 1. The summed E-state index contributed by atoms with van der Waals surface area (Å²) in [6, 6.07) is -0.917. The number of hydrogen-bond donors (Lipinski definition) is 1. The molecular formula is C17H30N2O7S. The van der Waals surface area contributed by atoms with Crippen LogP contribution in [0.2, 0.25) is 0 Å². The molecule has 9 nitrogen and oxygen atoms in total. The Balaban J connectivity index is 2.03. The van der Waals surface area contributed by atoms with Crippen molar-refractivity contribution in [3.8, 4) is 0 Å². The van der Waals surface area contributed by atoms with E-state index >= 15 is 0 Å². The summed E-state index contributed by atoms with van der Waals surface area (Å²) < 4.78 is 19.9. The van der Waals surface area contributed by atoms with Crippen molar-refractivity contribution in [2.45, 2.75) is 32.7 Å². The molecule has 10 heteroatoms. The molecule has 0 aromatic heterocycles. The Morgan fingerprint density at radius 1 is 1.07 bits per heavy atom. The number of ether oxygens (including phenoxy) is 4. The molecule has 1 atom stereocenters. The molecule has 0 unspecified atom stereocenters. The van der Waals surface area contributed by atoms with Gasteiger partial charge in [0.05, 0.1) is 25.7 Å². The summed E-state index contributed by atoms with van der Waals surface area (Å²) in [5.41, 5.74) is 5.70. The smallest absolute Gasteiger partial charge is 0.370 e. The third kappa shape index (κ3) is 11.2. The second kappa shape index (κ2) is 13.8. The zero-order chi connectivity index (χ0) is 20.1. The summed E-state index contributed by atoms with van der Waals surface area (Å²) in [6.07, 6.45) is 1.69. The summed E-state index contributed by atoms with van der Waals surface area (Å²) >= 11 is 0.739. The molecule has 0 aromatic carbocycles. The van der Waals surface area contributed by atoms with Crippen molar-refractivity contribution in [2.75, 3.05) is 52.0 Å². The quantitative estimate of drug-likeness (QED) is 0.302. The summed E-state index contributed by atoms with van der Waals surface area (Å²) in [5.74, 6) is -1.27. The molecule has 0 aromatic rings. The first-order valence-electron chi connectivity index (χ1n) is 9.08. The van der Waals surface area contributed by atoms with Gasteiger partial charge in [-0.2, -0.15) is 0 Å². The maximum absolute atomic E-state index is 11.8. The molecule has 0 amide bonds. The van der Waals surface area contributed by atoms with Crippen molar-refractivity contribution in [3.05, 3.63) is 0 Å². The Bertz CT molecular complexity index is 470. The van der Waals surface area contributed by atoms with E-state index in [9.17, 15) is 14.4 Å². The number of esters is 2. The highest BCUT2D eigenvalue weighted by atomic mass is 32.2. The van der Waals surface area contributed by atoms with Crippen LogP contribution in [0.5, 0.6) is 0 Å². The molecule has 156 valence electrons. The van der Waals surface area contributed by atoms with Crippen molar-refractivity contribution in [2.24, 2.45) is 11.7 Å². The van der Waals surface area contributed by atoms with Crippen LogP contribution in [0.15, 0.2) is 0 Å². The first kappa shape index (κ1) is 23.7. The van der Waals surface area contributed by atoms with Crippen molar-refractivity contribution >= 4 is 29.0 Å². The Kier molecular flexibility index (Phi) is 12.1. The number of rotatable bonds is 11. The van der Waals surface area contributed by atoms with Gasteiger partial charge in [0, 0.05) is 18.8 Å². The molecule has 1 rings (SSSR count). The van der Waals surface area contributed by atoms with Crippen molar-refractivity contribution in [3.63, 3.8) is 0 Å². The number of nitrogens with two attached hydrogens (primary N) is 1. The topological polar surface area (TPSA) is 117 Å². The maximum atomic E-state index is 11.8. The van der Waals surface area contributed by atoms with E-state index in [1.54, 1.807) is 13.8 Å². The number of carbonyl (C=O) groups is 3. The van der Waals surface area contributed by atoms with Crippen LogP contribution in [0.4, 0.5) is 4.79 Å². The first-order valence-corrected chi connectivity index (χ1v) is 10.1. The molecule has 0 bridgehead atoms. The van der Waals surface area contributed by atoms with E-state index in [0.29, 0.717) is 6.61 Å². The lowest BCUT2D eigenvalue weighted by atomic mass is 10.2. The highest BCUT2D eigenvalue weighted by molar-refractivity contribution is 8.13. The van der Waals surface area contributed by atoms with Crippen molar-refractivity contribution in [1.29, 1.82) is 0 Å². The van der Waals surface area contributed by atoms with E-state index in [1.807, 2.05) is 0 Å². The SMILES string of the molecule is CC(C)C(=O)OCOC(=O)SC[C@H](N)C(=O)OCCCCN1CCOCC1. The van der Waals surface area contributed by atoms with Gasteiger partial charge in [-0.05, 0) is 31.1 Å². The summed E-state index contributed by atoms with van der Waals surface area (Å²) in [4.78, 5) is 36.8. The summed E-state index contributed by atoms with van der Waals surface area (Å²) in [6.45, 7) is 7.56. The van der Waals surface area contributed by atoms with E-state index in [2.05, 4.69) is 4.90 Å². The first-order chi connectivity index (χ1) is 12.9. The van der Waals surface area contributed by atoms with Gasteiger partial charge >= 0.3 is 17.2 Å². The van der Waals surface area contributed by atoms with Gasteiger partial charge in [-0.25, -0.2) is 4.79 Å². The molecule has 0 aliphatic carbocycles. The van der Waals surface area contributed by atoms with Gasteiger partial charge in [-0.3, -0.25) is 14.5 Å². The van der Waals surface area contributed by atoms with Crippen LogP contribution in [-0.2, 0) is 28.5 Å². The van der Waals surface area contributed by atoms with Crippen LogP contribution >= 0.6 is 11.8 Å². The number of thioether (sulfide) groups is 1.